The molecule has 0 aliphatic carbocycles. The minimum Gasteiger partial charge on any atom is -0.326 e. The van der Waals surface area contributed by atoms with E-state index < -0.39 is 0 Å². The molecule has 1 fully saturated rings. The number of amides is 2. The summed E-state index contributed by atoms with van der Waals surface area (Å²) >= 11 is 6.01. The summed E-state index contributed by atoms with van der Waals surface area (Å²) in [4.78, 5) is 26.3. The second kappa shape index (κ2) is 4.37. The van der Waals surface area contributed by atoms with Crippen molar-refractivity contribution >= 4 is 29.1 Å². The number of nitrogens with zero attached hydrogens (tertiary/aromatic N) is 2. The number of likely N-dealkylation sites (N-methyl/N-ethyl adjacent to an activating group) is 1. The van der Waals surface area contributed by atoms with Crippen LogP contribution >= 0.6 is 11.6 Å². The van der Waals surface area contributed by atoms with Gasteiger partial charge < -0.3 is 4.90 Å². The van der Waals surface area contributed by atoms with E-state index in [0.29, 0.717) is 23.7 Å². The molecule has 1 aliphatic rings. The molecule has 5 heteroatoms. The van der Waals surface area contributed by atoms with Crippen LogP contribution in [0.25, 0.3) is 0 Å². The molecule has 0 saturated carbocycles. The normalized spacial score (nSPS) is 15.6. The molecule has 1 aliphatic heterocycles. The lowest BCUT2D eigenvalue weighted by atomic mass is 10.1. The Morgan fingerprint density at radius 3 is 2.53 bits per heavy atom. The Morgan fingerprint density at radius 2 is 2.06 bits per heavy atom. The number of halogens is 1. The lowest BCUT2D eigenvalue weighted by Crippen LogP contribution is -2.29. The minimum absolute atomic E-state index is 0.0448. The van der Waals surface area contributed by atoms with E-state index >= 15 is 0 Å². The summed E-state index contributed by atoms with van der Waals surface area (Å²) in [5.74, 6) is -0.0774. The molecule has 2 amide bonds. The SMILES string of the molecule is CC(=O)c1ccc(N2CCN(C)C2=O)cc1Cl. The fourth-order valence-corrected chi connectivity index (χ4v) is 2.15. The molecule has 1 saturated heterocycles. The zero-order chi connectivity index (χ0) is 12.6. The summed E-state index contributed by atoms with van der Waals surface area (Å²) in [5, 5.41) is 0.386. The van der Waals surface area contributed by atoms with Crippen LogP contribution in [0.4, 0.5) is 10.5 Å². The number of hydrogen-bond acceptors (Lipinski definition) is 2. The molecule has 1 aromatic carbocycles. The van der Waals surface area contributed by atoms with E-state index in [2.05, 4.69) is 0 Å². The molecule has 0 spiro atoms. The number of ketones is 1. The van der Waals surface area contributed by atoms with Gasteiger partial charge in [-0.25, -0.2) is 4.79 Å². The number of Topliss-reactive ketones (excluding diaryl/α,β-unsaturated/α-hetero) is 1. The molecule has 90 valence electrons. The third-order valence-electron chi connectivity index (χ3n) is 2.86. The molecule has 4 nitrogen and oxygen atoms in total. The van der Waals surface area contributed by atoms with Gasteiger partial charge in [0.2, 0.25) is 0 Å². The topological polar surface area (TPSA) is 40.6 Å². The third kappa shape index (κ3) is 2.13. The molecule has 0 unspecified atom stereocenters. The van der Waals surface area contributed by atoms with Gasteiger partial charge in [0.15, 0.2) is 5.78 Å². The summed E-state index contributed by atoms with van der Waals surface area (Å²) in [6, 6.07) is 5.03. The molecule has 0 radical (unpaired) electrons. The van der Waals surface area contributed by atoms with Crippen LogP contribution in [-0.2, 0) is 0 Å². The van der Waals surface area contributed by atoms with Gasteiger partial charge in [-0.3, -0.25) is 9.69 Å². The standard InChI is InChI=1S/C12H13ClN2O2/c1-8(16)10-4-3-9(7-11(10)13)15-6-5-14(2)12(15)17/h3-4,7H,5-6H2,1-2H3. The van der Waals surface area contributed by atoms with Crippen LogP contribution in [0.5, 0.6) is 0 Å². The molecular weight excluding hydrogens is 240 g/mol. The van der Waals surface area contributed by atoms with Gasteiger partial charge in [-0.05, 0) is 25.1 Å². The first-order valence-corrected chi connectivity index (χ1v) is 5.71. The van der Waals surface area contributed by atoms with Crippen LogP contribution in [0.2, 0.25) is 5.02 Å². The van der Waals surface area contributed by atoms with Gasteiger partial charge in [0.05, 0.1) is 5.02 Å². The lowest BCUT2D eigenvalue weighted by Gasteiger charge is -2.16. The first-order valence-electron chi connectivity index (χ1n) is 5.34. The van der Waals surface area contributed by atoms with E-state index in [9.17, 15) is 9.59 Å². The second-order valence-corrected chi connectivity index (χ2v) is 4.48. The number of carbonyl (C=O) groups is 2. The molecule has 0 bridgehead atoms. The van der Waals surface area contributed by atoms with Gasteiger partial charge in [0, 0.05) is 31.4 Å². The average molecular weight is 253 g/mol. The zero-order valence-electron chi connectivity index (χ0n) is 9.74. The van der Waals surface area contributed by atoms with Crippen LogP contribution in [0, 0.1) is 0 Å². The van der Waals surface area contributed by atoms with Crippen molar-refractivity contribution in [1.82, 2.24) is 4.90 Å². The van der Waals surface area contributed by atoms with E-state index in [-0.39, 0.29) is 11.8 Å². The van der Waals surface area contributed by atoms with Gasteiger partial charge in [-0.1, -0.05) is 11.6 Å². The Balaban J connectivity index is 2.32. The Labute approximate surface area is 105 Å². The summed E-state index contributed by atoms with van der Waals surface area (Å²) in [5.41, 5.74) is 1.21. The highest BCUT2D eigenvalue weighted by Crippen LogP contribution is 2.26. The van der Waals surface area contributed by atoms with Crippen LogP contribution in [0.15, 0.2) is 18.2 Å². The van der Waals surface area contributed by atoms with Crippen molar-refractivity contribution in [1.29, 1.82) is 0 Å². The molecule has 0 N–H and O–H groups in total. The number of urea groups is 1. The number of anilines is 1. The molecule has 1 heterocycles. The summed E-state index contributed by atoms with van der Waals surface area (Å²) in [6.07, 6.45) is 0. The maximum absolute atomic E-state index is 11.8. The number of rotatable bonds is 2. The molecule has 1 aromatic rings. The predicted octanol–water partition coefficient (Wildman–Crippen LogP) is 2.41. The van der Waals surface area contributed by atoms with Crippen molar-refractivity contribution in [2.45, 2.75) is 6.92 Å². The average Bonchev–Trinajstić information content (AvgIpc) is 2.59. The summed E-state index contributed by atoms with van der Waals surface area (Å²) < 4.78 is 0. The predicted molar refractivity (Wildman–Crippen MR) is 66.8 cm³/mol. The fourth-order valence-electron chi connectivity index (χ4n) is 1.84. The van der Waals surface area contributed by atoms with Gasteiger partial charge in [0.25, 0.3) is 0 Å². The number of benzene rings is 1. The smallest absolute Gasteiger partial charge is 0.324 e. The van der Waals surface area contributed by atoms with Gasteiger partial charge in [0.1, 0.15) is 0 Å². The van der Waals surface area contributed by atoms with E-state index in [0.717, 1.165) is 5.69 Å². The molecular formula is C12H13ClN2O2. The Bertz CT molecular complexity index is 487. The molecule has 17 heavy (non-hydrogen) atoms. The molecule has 0 aromatic heterocycles. The van der Waals surface area contributed by atoms with Crippen LogP contribution in [0.3, 0.4) is 0 Å². The largest absolute Gasteiger partial charge is 0.326 e. The second-order valence-electron chi connectivity index (χ2n) is 4.08. The Hall–Kier alpha value is -1.55. The van der Waals surface area contributed by atoms with Crippen LogP contribution in [-0.4, -0.2) is 36.9 Å². The van der Waals surface area contributed by atoms with Gasteiger partial charge in [-0.15, -0.1) is 0 Å². The summed E-state index contributed by atoms with van der Waals surface area (Å²) in [6.45, 7) is 2.81. The molecule has 0 atom stereocenters. The highest BCUT2D eigenvalue weighted by Gasteiger charge is 2.26. The van der Waals surface area contributed by atoms with E-state index in [1.165, 1.54) is 6.92 Å². The Kier molecular flexibility index (Phi) is 3.07. The van der Waals surface area contributed by atoms with Crippen molar-refractivity contribution in [2.24, 2.45) is 0 Å². The zero-order valence-corrected chi connectivity index (χ0v) is 10.5. The first kappa shape index (κ1) is 11.9. The van der Waals surface area contributed by atoms with Crippen LogP contribution < -0.4 is 4.90 Å². The fraction of sp³-hybridized carbons (Fsp3) is 0.333. The van der Waals surface area contributed by atoms with E-state index in [1.54, 1.807) is 35.0 Å². The van der Waals surface area contributed by atoms with Crippen LogP contribution in [0.1, 0.15) is 17.3 Å². The van der Waals surface area contributed by atoms with Crippen molar-refractivity contribution in [2.75, 3.05) is 25.0 Å². The quantitative estimate of drug-likeness (QED) is 0.759. The van der Waals surface area contributed by atoms with Crippen molar-refractivity contribution in [3.8, 4) is 0 Å². The van der Waals surface area contributed by atoms with E-state index in [1.807, 2.05) is 0 Å². The maximum atomic E-state index is 11.8. The Morgan fingerprint density at radius 1 is 1.35 bits per heavy atom. The van der Waals surface area contributed by atoms with Crippen molar-refractivity contribution in [3.63, 3.8) is 0 Å². The van der Waals surface area contributed by atoms with Gasteiger partial charge in [-0.2, -0.15) is 0 Å². The number of carbonyl (C=O) groups excluding carboxylic acids is 2. The monoisotopic (exact) mass is 252 g/mol. The first-order chi connectivity index (χ1) is 8.00. The lowest BCUT2D eigenvalue weighted by molar-refractivity contribution is 0.101. The van der Waals surface area contributed by atoms with E-state index in [4.69, 9.17) is 11.6 Å². The highest BCUT2D eigenvalue weighted by molar-refractivity contribution is 6.34. The maximum Gasteiger partial charge on any atom is 0.324 e. The third-order valence-corrected chi connectivity index (χ3v) is 3.17. The summed E-state index contributed by atoms with van der Waals surface area (Å²) in [7, 11) is 1.76. The molecule has 2 rings (SSSR count). The highest BCUT2D eigenvalue weighted by atomic mass is 35.5. The minimum atomic E-state index is -0.0774. The number of hydrogen-bond donors (Lipinski definition) is 0. The van der Waals surface area contributed by atoms with Crippen molar-refractivity contribution in [3.05, 3.63) is 28.8 Å². The van der Waals surface area contributed by atoms with Crippen molar-refractivity contribution < 1.29 is 9.59 Å². The van der Waals surface area contributed by atoms with Gasteiger partial charge >= 0.3 is 6.03 Å².